The van der Waals surface area contributed by atoms with Crippen molar-refractivity contribution < 1.29 is 9.53 Å². The smallest absolute Gasteiger partial charge is 0.272 e. The van der Waals surface area contributed by atoms with Gasteiger partial charge in [-0.2, -0.15) is 5.10 Å². The number of carbonyl (C=O) groups is 1. The van der Waals surface area contributed by atoms with Crippen LogP contribution >= 0.6 is 0 Å². The van der Waals surface area contributed by atoms with Gasteiger partial charge in [0.25, 0.3) is 5.91 Å². The van der Waals surface area contributed by atoms with Crippen LogP contribution in [0.15, 0.2) is 24.3 Å². The molecule has 0 saturated heterocycles. The first kappa shape index (κ1) is 13.8. The van der Waals surface area contributed by atoms with Crippen molar-refractivity contribution in [1.29, 1.82) is 0 Å². The summed E-state index contributed by atoms with van der Waals surface area (Å²) < 4.78 is 7.35. The maximum absolute atomic E-state index is 12.4. The topological polar surface area (TPSA) is 84.8 Å². The van der Waals surface area contributed by atoms with Crippen molar-refractivity contribution in [3.8, 4) is 5.88 Å². The van der Waals surface area contributed by atoms with Gasteiger partial charge in [0.1, 0.15) is 5.82 Å². The van der Waals surface area contributed by atoms with Gasteiger partial charge in [-0.15, -0.1) is 0 Å². The molecule has 2 N–H and O–H groups in total. The number of aromatic nitrogens is 4. The van der Waals surface area contributed by atoms with Crippen molar-refractivity contribution >= 4 is 16.9 Å². The quantitative estimate of drug-likeness (QED) is 0.772. The Balaban J connectivity index is 1.50. The standard InChI is InChI=1S/C16H17N5O2/c1-10-14(20-21-7-4-8-23-16(10)21)15(22)17-9-13-18-11-5-2-3-6-12(11)19-13/h2-3,5-6H,4,7-9H2,1H3,(H,17,22)(H,18,19). The minimum Gasteiger partial charge on any atom is -0.478 e. The second-order valence-corrected chi connectivity index (χ2v) is 5.59. The molecule has 3 heterocycles. The number of amides is 1. The molecule has 3 aromatic rings. The van der Waals surface area contributed by atoms with Crippen molar-refractivity contribution in [2.24, 2.45) is 0 Å². The fraction of sp³-hybridized carbons (Fsp3) is 0.312. The van der Waals surface area contributed by atoms with Gasteiger partial charge >= 0.3 is 0 Å². The molecule has 0 unspecified atom stereocenters. The first-order valence-electron chi connectivity index (χ1n) is 7.64. The molecule has 0 radical (unpaired) electrons. The number of hydrogen-bond donors (Lipinski definition) is 2. The van der Waals surface area contributed by atoms with E-state index in [9.17, 15) is 4.79 Å². The molecule has 0 aliphatic carbocycles. The number of fused-ring (bicyclic) bond motifs is 2. The number of hydrogen-bond acceptors (Lipinski definition) is 4. The number of ether oxygens (including phenoxy) is 1. The van der Waals surface area contributed by atoms with Crippen LogP contribution < -0.4 is 10.1 Å². The summed E-state index contributed by atoms with van der Waals surface area (Å²) in [5.41, 5.74) is 3.04. The molecular weight excluding hydrogens is 294 g/mol. The first-order valence-corrected chi connectivity index (χ1v) is 7.64. The molecule has 1 aromatic carbocycles. The highest BCUT2D eigenvalue weighted by Gasteiger charge is 2.23. The van der Waals surface area contributed by atoms with E-state index >= 15 is 0 Å². The van der Waals surface area contributed by atoms with Gasteiger partial charge in [-0.3, -0.25) is 4.79 Å². The third-order valence-corrected chi connectivity index (χ3v) is 3.95. The highest BCUT2D eigenvalue weighted by atomic mass is 16.5. The molecule has 118 valence electrons. The minimum atomic E-state index is -0.214. The average molecular weight is 311 g/mol. The van der Waals surface area contributed by atoms with E-state index < -0.39 is 0 Å². The van der Waals surface area contributed by atoms with Crippen molar-refractivity contribution in [3.05, 3.63) is 41.3 Å². The van der Waals surface area contributed by atoms with E-state index in [1.807, 2.05) is 31.2 Å². The lowest BCUT2D eigenvalue weighted by atomic mass is 10.2. The number of para-hydroxylation sites is 2. The third kappa shape index (κ3) is 2.44. The van der Waals surface area contributed by atoms with Crippen LogP contribution in [0.5, 0.6) is 5.88 Å². The molecule has 0 spiro atoms. The van der Waals surface area contributed by atoms with Crippen LogP contribution in [0.2, 0.25) is 0 Å². The molecular formula is C16H17N5O2. The fourth-order valence-electron chi connectivity index (χ4n) is 2.81. The highest BCUT2D eigenvalue weighted by molar-refractivity contribution is 5.94. The van der Waals surface area contributed by atoms with Crippen molar-refractivity contribution in [2.75, 3.05) is 6.61 Å². The Hall–Kier alpha value is -2.83. The fourth-order valence-corrected chi connectivity index (χ4v) is 2.81. The Labute approximate surface area is 132 Å². The maximum Gasteiger partial charge on any atom is 0.272 e. The Morgan fingerprint density at radius 1 is 1.43 bits per heavy atom. The van der Waals surface area contributed by atoms with Gasteiger partial charge in [0.15, 0.2) is 5.69 Å². The predicted octanol–water partition coefficient (Wildman–Crippen LogP) is 1.78. The van der Waals surface area contributed by atoms with E-state index in [0.29, 0.717) is 24.7 Å². The third-order valence-electron chi connectivity index (χ3n) is 3.95. The van der Waals surface area contributed by atoms with E-state index in [2.05, 4.69) is 20.4 Å². The number of imidazole rings is 1. The van der Waals surface area contributed by atoms with Gasteiger partial charge in [-0.25, -0.2) is 9.67 Å². The van der Waals surface area contributed by atoms with Gasteiger partial charge in [0, 0.05) is 18.5 Å². The largest absolute Gasteiger partial charge is 0.478 e. The molecule has 1 amide bonds. The normalized spacial score (nSPS) is 13.6. The van der Waals surface area contributed by atoms with Crippen LogP contribution in [0, 0.1) is 6.92 Å². The Kier molecular flexibility index (Phi) is 3.25. The molecule has 1 aliphatic rings. The maximum atomic E-state index is 12.4. The zero-order valence-electron chi connectivity index (χ0n) is 12.8. The predicted molar refractivity (Wildman–Crippen MR) is 84.3 cm³/mol. The van der Waals surface area contributed by atoms with Gasteiger partial charge in [0.2, 0.25) is 5.88 Å². The van der Waals surface area contributed by atoms with Crippen LogP contribution in [0.4, 0.5) is 0 Å². The number of aryl methyl sites for hydroxylation is 1. The zero-order valence-corrected chi connectivity index (χ0v) is 12.8. The molecule has 7 nitrogen and oxygen atoms in total. The lowest BCUT2D eigenvalue weighted by Crippen LogP contribution is -2.24. The molecule has 23 heavy (non-hydrogen) atoms. The average Bonchev–Trinajstić information content (AvgIpc) is 3.14. The lowest BCUT2D eigenvalue weighted by Gasteiger charge is -2.14. The van der Waals surface area contributed by atoms with Crippen LogP contribution in [-0.2, 0) is 13.1 Å². The van der Waals surface area contributed by atoms with E-state index in [4.69, 9.17) is 4.74 Å². The number of H-pyrrole nitrogens is 1. The Morgan fingerprint density at radius 2 is 2.30 bits per heavy atom. The van der Waals surface area contributed by atoms with Gasteiger partial charge < -0.3 is 15.0 Å². The highest BCUT2D eigenvalue weighted by Crippen LogP contribution is 2.24. The van der Waals surface area contributed by atoms with Crippen molar-refractivity contribution in [3.63, 3.8) is 0 Å². The first-order chi connectivity index (χ1) is 11.2. The summed E-state index contributed by atoms with van der Waals surface area (Å²) in [5.74, 6) is 1.20. The zero-order chi connectivity index (χ0) is 15.8. The number of aromatic amines is 1. The van der Waals surface area contributed by atoms with E-state index in [1.165, 1.54) is 0 Å². The summed E-state index contributed by atoms with van der Waals surface area (Å²) in [6, 6.07) is 7.77. The molecule has 0 atom stereocenters. The number of rotatable bonds is 3. The summed E-state index contributed by atoms with van der Waals surface area (Å²) in [6.07, 6.45) is 0.911. The second kappa shape index (κ2) is 5.42. The van der Waals surface area contributed by atoms with Crippen molar-refractivity contribution in [2.45, 2.75) is 26.4 Å². The summed E-state index contributed by atoms with van der Waals surface area (Å²) in [7, 11) is 0. The van der Waals surface area contributed by atoms with Gasteiger partial charge in [0.05, 0.1) is 24.2 Å². The van der Waals surface area contributed by atoms with Crippen LogP contribution in [-0.4, -0.2) is 32.3 Å². The summed E-state index contributed by atoms with van der Waals surface area (Å²) in [6.45, 7) is 3.65. The van der Waals surface area contributed by atoms with Crippen molar-refractivity contribution in [1.82, 2.24) is 25.1 Å². The SMILES string of the molecule is Cc1c(C(=O)NCc2nc3ccccc3[nH]2)nn2c1OCCC2. The van der Waals surface area contributed by atoms with E-state index in [1.54, 1.807) is 4.68 Å². The Morgan fingerprint density at radius 3 is 3.13 bits per heavy atom. The van der Waals surface area contributed by atoms with Gasteiger partial charge in [-0.05, 0) is 19.1 Å². The Bertz CT molecular complexity index is 847. The number of carbonyl (C=O) groups excluding carboxylic acids is 1. The second-order valence-electron chi connectivity index (χ2n) is 5.59. The van der Waals surface area contributed by atoms with E-state index in [-0.39, 0.29) is 5.91 Å². The van der Waals surface area contributed by atoms with Gasteiger partial charge in [-0.1, -0.05) is 12.1 Å². The summed E-state index contributed by atoms with van der Waals surface area (Å²) >= 11 is 0. The number of nitrogens with one attached hydrogen (secondary N) is 2. The minimum absolute atomic E-state index is 0.214. The summed E-state index contributed by atoms with van der Waals surface area (Å²) in [5, 5.41) is 7.22. The van der Waals surface area contributed by atoms with Crippen LogP contribution in [0.1, 0.15) is 28.3 Å². The summed E-state index contributed by atoms with van der Waals surface area (Å²) in [4.78, 5) is 20.0. The molecule has 7 heteroatoms. The van der Waals surface area contributed by atoms with E-state index in [0.717, 1.165) is 35.4 Å². The monoisotopic (exact) mass is 311 g/mol. The molecule has 0 bridgehead atoms. The molecule has 1 aliphatic heterocycles. The molecule has 2 aromatic heterocycles. The molecule has 4 rings (SSSR count). The molecule has 0 fully saturated rings. The number of nitrogens with zero attached hydrogens (tertiary/aromatic N) is 3. The van der Waals surface area contributed by atoms with Crippen LogP contribution in [0.3, 0.4) is 0 Å². The molecule has 0 saturated carbocycles. The van der Waals surface area contributed by atoms with Crippen LogP contribution in [0.25, 0.3) is 11.0 Å². The lowest BCUT2D eigenvalue weighted by molar-refractivity contribution is 0.0943. The number of benzene rings is 1.